The molecule has 0 aromatic carbocycles. The number of aromatic amines is 1. The largest absolute Gasteiger partial charge is 0.395 e. The lowest BCUT2D eigenvalue weighted by Gasteiger charge is -2.20. The van der Waals surface area contributed by atoms with Crippen molar-refractivity contribution in [2.45, 2.75) is 19.8 Å². The highest BCUT2D eigenvalue weighted by Crippen LogP contribution is 2.16. The Morgan fingerprint density at radius 2 is 2.28 bits per heavy atom. The minimum absolute atomic E-state index is 0.0825. The molecule has 102 valence electrons. The molecule has 1 aromatic heterocycles. The molecular formula is C10H16F2N4O2. The van der Waals surface area contributed by atoms with E-state index in [2.05, 4.69) is 10.2 Å². The van der Waals surface area contributed by atoms with Crippen molar-refractivity contribution in [1.82, 2.24) is 15.1 Å². The van der Waals surface area contributed by atoms with Gasteiger partial charge in [0.1, 0.15) is 0 Å². The maximum absolute atomic E-state index is 12.3. The average Bonchev–Trinajstić information content (AvgIpc) is 2.68. The number of hydrogen-bond donors (Lipinski definition) is 3. The number of hydrogen-bond acceptors (Lipinski definition) is 4. The summed E-state index contributed by atoms with van der Waals surface area (Å²) in [4.78, 5) is 12.8. The number of anilines is 1. The smallest absolute Gasteiger partial charge is 0.276 e. The van der Waals surface area contributed by atoms with Crippen molar-refractivity contribution >= 4 is 11.6 Å². The van der Waals surface area contributed by atoms with E-state index in [1.54, 1.807) is 0 Å². The van der Waals surface area contributed by atoms with Crippen molar-refractivity contribution in [3.8, 4) is 0 Å². The number of amides is 1. The number of nitrogen functional groups attached to an aromatic ring is 1. The minimum Gasteiger partial charge on any atom is -0.395 e. The van der Waals surface area contributed by atoms with Gasteiger partial charge in [-0.25, -0.2) is 8.78 Å². The fourth-order valence-electron chi connectivity index (χ4n) is 1.53. The number of aromatic nitrogens is 2. The van der Waals surface area contributed by atoms with Crippen LogP contribution in [0.4, 0.5) is 14.5 Å². The zero-order valence-electron chi connectivity index (χ0n) is 9.99. The molecule has 0 fully saturated rings. The molecule has 1 heterocycles. The van der Waals surface area contributed by atoms with Crippen LogP contribution in [0, 0.1) is 0 Å². The molecule has 1 aromatic rings. The molecule has 0 spiro atoms. The van der Waals surface area contributed by atoms with Gasteiger partial charge in [0.2, 0.25) is 0 Å². The zero-order chi connectivity index (χ0) is 13.7. The van der Waals surface area contributed by atoms with Gasteiger partial charge < -0.3 is 15.7 Å². The van der Waals surface area contributed by atoms with Gasteiger partial charge in [0.25, 0.3) is 12.3 Å². The number of alkyl halides is 2. The van der Waals surface area contributed by atoms with Crippen LogP contribution in [0.3, 0.4) is 0 Å². The average molecular weight is 262 g/mol. The van der Waals surface area contributed by atoms with Crippen LogP contribution >= 0.6 is 0 Å². The van der Waals surface area contributed by atoms with Crippen molar-refractivity contribution in [2.75, 3.05) is 25.4 Å². The van der Waals surface area contributed by atoms with Crippen LogP contribution in [0.15, 0.2) is 0 Å². The first kappa shape index (κ1) is 14.4. The number of halogens is 2. The number of aryl methyl sites for hydroxylation is 1. The van der Waals surface area contributed by atoms with Gasteiger partial charge in [0.15, 0.2) is 5.69 Å². The summed E-state index contributed by atoms with van der Waals surface area (Å²) in [6.45, 7) is 0.482. The number of carbonyl (C=O) groups is 1. The fourth-order valence-corrected chi connectivity index (χ4v) is 1.53. The number of aliphatic hydroxyl groups excluding tert-OH is 1. The molecule has 8 heteroatoms. The second kappa shape index (κ2) is 6.29. The van der Waals surface area contributed by atoms with Crippen molar-refractivity contribution < 1.29 is 18.7 Å². The van der Waals surface area contributed by atoms with Gasteiger partial charge in [-0.3, -0.25) is 9.89 Å². The number of aliphatic hydroxyl groups is 1. The third-order valence-electron chi connectivity index (χ3n) is 2.45. The highest BCUT2D eigenvalue weighted by Gasteiger charge is 2.24. The highest BCUT2D eigenvalue weighted by atomic mass is 19.3. The second-order valence-electron chi connectivity index (χ2n) is 3.68. The summed E-state index contributed by atoms with van der Waals surface area (Å²) in [5.74, 6) is -0.710. The summed E-state index contributed by atoms with van der Waals surface area (Å²) in [6.07, 6.45) is -2.12. The summed E-state index contributed by atoms with van der Waals surface area (Å²) in [5, 5.41) is 15.1. The predicted molar refractivity (Wildman–Crippen MR) is 61.4 cm³/mol. The van der Waals surface area contributed by atoms with E-state index in [9.17, 15) is 13.6 Å². The minimum atomic E-state index is -2.67. The molecule has 0 aliphatic heterocycles. The van der Waals surface area contributed by atoms with Crippen LogP contribution in [0.5, 0.6) is 0 Å². The summed E-state index contributed by atoms with van der Waals surface area (Å²) in [7, 11) is 0. The van der Waals surface area contributed by atoms with Crippen LogP contribution in [0.25, 0.3) is 0 Å². The predicted octanol–water partition coefficient (Wildman–Crippen LogP) is 0.254. The van der Waals surface area contributed by atoms with Crippen molar-refractivity contribution in [3.05, 3.63) is 11.4 Å². The Kier molecular flexibility index (Phi) is 5.02. The number of nitrogens with two attached hydrogens (primary N) is 1. The molecule has 18 heavy (non-hydrogen) atoms. The summed E-state index contributed by atoms with van der Waals surface area (Å²) in [5.41, 5.74) is 6.35. The molecule has 4 N–H and O–H groups in total. The zero-order valence-corrected chi connectivity index (χ0v) is 9.99. The molecule has 0 aliphatic rings. The third kappa shape index (κ3) is 3.16. The van der Waals surface area contributed by atoms with E-state index >= 15 is 0 Å². The maximum atomic E-state index is 12.3. The Morgan fingerprint density at radius 3 is 2.72 bits per heavy atom. The maximum Gasteiger partial charge on any atom is 0.276 e. The van der Waals surface area contributed by atoms with E-state index in [1.807, 2.05) is 6.92 Å². The second-order valence-corrected chi connectivity index (χ2v) is 3.68. The van der Waals surface area contributed by atoms with Gasteiger partial charge in [-0.05, 0) is 6.42 Å². The molecule has 0 atom stereocenters. The number of rotatable bonds is 6. The van der Waals surface area contributed by atoms with E-state index in [1.165, 1.54) is 0 Å². The Balaban J connectivity index is 2.90. The molecule has 0 saturated heterocycles. The first-order valence-electron chi connectivity index (χ1n) is 5.52. The van der Waals surface area contributed by atoms with E-state index in [0.29, 0.717) is 12.1 Å². The lowest BCUT2D eigenvalue weighted by atomic mass is 10.2. The van der Waals surface area contributed by atoms with Gasteiger partial charge in [0.05, 0.1) is 24.5 Å². The Bertz CT molecular complexity index is 409. The lowest BCUT2D eigenvalue weighted by molar-refractivity contribution is 0.0505. The van der Waals surface area contributed by atoms with Crippen LogP contribution < -0.4 is 5.73 Å². The van der Waals surface area contributed by atoms with E-state index in [-0.39, 0.29) is 17.9 Å². The third-order valence-corrected chi connectivity index (χ3v) is 2.45. The molecule has 1 amide bonds. The Morgan fingerprint density at radius 1 is 1.61 bits per heavy atom. The monoisotopic (exact) mass is 262 g/mol. The Labute approximate surface area is 103 Å². The number of carbonyl (C=O) groups excluding carboxylic acids is 1. The molecule has 0 unspecified atom stereocenters. The molecule has 0 bridgehead atoms. The molecular weight excluding hydrogens is 246 g/mol. The molecule has 6 nitrogen and oxygen atoms in total. The standard InChI is InChI=1S/C10H16F2N4O2/c1-2-6-8(13)9(15-14-6)10(18)16(3-4-17)5-7(11)12/h7,17H,2-5,13H2,1H3,(H,14,15). The lowest BCUT2D eigenvalue weighted by Crippen LogP contribution is -2.37. The molecule has 1 rings (SSSR count). The van der Waals surface area contributed by atoms with Gasteiger partial charge in [-0.15, -0.1) is 0 Å². The number of H-pyrrole nitrogens is 1. The van der Waals surface area contributed by atoms with Crippen LogP contribution in [-0.2, 0) is 6.42 Å². The first-order chi connectivity index (χ1) is 8.51. The topological polar surface area (TPSA) is 95.2 Å². The van der Waals surface area contributed by atoms with Gasteiger partial charge in [-0.1, -0.05) is 6.92 Å². The highest BCUT2D eigenvalue weighted by molar-refractivity contribution is 5.97. The number of nitrogens with one attached hydrogen (secondary N) is 1. The van der Waals surface area contributed by atoms with Crippen molar-refractivity contribution in [3.63, 3.8) is 0 Å². The van der Waals surface area contributed by atoms with Crippen molar-refractivity contribution in [2.24, 2.45) is 0 Å². The Hall–Kier alpha value is -1.70. The van der Waals surface area contributed by atoms with Crippen LogP contribution in [0.2, 0.25) is 0 Å². The summed E-state index contributed by atoms with van der Waals surface area (Å²) in [6, 6.07) is 0. The van der Waals surface area contributed by atoms with Crippen molar-refractivity contribution in [1.29, 1.82) is 0 Å². The first-order valence-corrected chi connectivity index (χ1v) is 5.52. The van der Waals surface area contributed by atoms with Gasteiger partial charge in [-0.2, -0.15) is 5.10 Å². The quantitative estimate of drug-likeness (QED) is 0.685. The summed E-state index contributed by atoms with van der Waals surface area (Å²) >= 11 is 0. The van der Waals surface area contributed by atoms with E-state index in [0.717, 1.165) is 4.90 Å². The summed E-state index contributed by atoms with van der Waals surface area (Å²) < 4.78 is 24.6. The molecule has 0 radical (unpaired) electrons. The van der Waals surface area contributed by atoms with Gasteiger partial charge in [0, 0.05) is 6.54 Å². The molecule has 0 aliphatic carbocycles. The van der Waals surface area contributed by atoms with Gasteiger partial charge >= 0.3 is 0 Å². The van der Waals surface area contributed by atoms with E-state index in [4.69, 9.17) is 10.8 Å². The number of nitrogens with zero attached hydrogens (tertiary/aromatic N) is 2. The SMILES string of the molecule is CCc1[nH]nc(C(=O)N(CCO)CC(F)F)c1N. The van der Waals surface area contributed by atoms with Crippen LogP contribution in [-0.4, -0.2) is 52.2 Å². The van der Waals surface area contributed by atoms with Crippen LogP contribution in [0.1, 0.15) is 23.1 Å². The van der Waals surface area contributed by atoms with E-state index < -0.39 is 25.5 Å². The fraction of sp³-hybridized carbons (Fsp3) is 0.600. The normalized spacial score (nSPS) is 10.9. The molecule has 0 saturated carbocycles.